The molecule has 0 spiro atoms. The molecule has 0 aliphatic heterocycles. The quantitative estimate of drug-likeness (QED) is 0.747. The molecular weight excluding hydrogens is 274 g/mol. The topological polar surface area (TPSA) is 51.0 Å². The maximum absolute atomic E-state index is 5.70. The first-order chi connectivity index (χ1) is 10.9. The summed E-state index contributed by atoms with van der Waals surface area (Å²) in [6, 6.07) is 18.2. The van der Waals surface area contributed by atoms with Crippen LogP contribution in [0.15, 0.2) is 59.0 Å². The molecule has 3 rings (SSSR count). The van der Waals surface area contributed by atoms with E-state index in [0.29, 0.717) is 18.2 Å². The molecule has 0 bridgehead atoms. The molecule has 0 atom stereocenters. The first-order valence-electron chi connectivity index (χ1n) is 7.56. The molecule has 0 amide bonds. The molecule has 0 radical (unpaired) electrons. The van der Waals surface area contributed by atoms with Crippen LogP contribution < -0.4 is 5.32 Å². The molecule has 0 unspecified atom stereocenters. The summed E-state index contributed by atoms with van der Waals surface area (Å²) in [5, 5.41) is 11.6. The van der Waals surface area contributed by atoms with E-state index in [-0.39, 0.29) is 0 Å². The summed E-state index contributed by atoms with van der Waals surface area (Å²) in [6.45, 7) is 2.93. The van der Waals surface area contributed by atoms with E-state index in [0.717, 1.165) is 18.5 Å². The highest BCUT2D eigenvalue weighted by Gasteiger charge is 2.08. The second-order valence-electron chi connectivity index (χ2n) is 5.05. The molecule has 2 aromatic carbocycles. The number of para-hydroxylation sites is 1. The fourth-order valence-electron chi connectivity index (χ4n) is 2.36. The van der Waals surface area contributed by atoms with Crippen LogP contribution in [0, 0.1) is 0 Å². The monoisotopic (exact) mass is 293 g/mol. The second-order valence-corrected chi connectivity index (χ2v) is 5.05. The minimum atomic E-state index is 0.574. The lowest BCUT2D eigenvalue weighted by Crippen LogP contribution is -2.06. The molecule has 0 fully saturated rings. The van der Waals surface area contributed by atoms with Gasteiger partial charge < -0.3 is 9.73 Å². The number of hydrogen-bond acceptors (Lipinski definition) is 4. The fraction of sp³-hybridized carbons (Fsp3) is 0.222. The highest BCUT2D eigenvalue weighted by molar-refractivity contribution is 5.52. The third-order valence-electron chi connectivity index (χ3n) is 3.54. The van der Waals surface area contributed by atoms with Crippen molar-refractivity contribution in [2.24, 2.45) is 0 Å². The van der Waals surface area contributed by atoms with Gasteiger partial charge in [0.15, 0.2) is 0 Å². The van der Waals surface area contributed by atoms with Crippen molar-refractivity contribution in [3.8, 4) is 11.5 Å². The van der Waals surface area contributed by atoms with E-state index in [4.69, 9.17) is 4.42 Å². The Morgan fingerprint density at radius 2 is 1.73 bits per heavy atom. The van der Waals surface area contributed by atoms with Crippen molar-refractivity contribution < 1.29 is 4.42 Å². The molecule has 1 heterocycles. The zero-order valence-electron chi connectivity index (χ0n) is 12.6. The molecular formula is C18H19N3O. The van der Waals surface area contributed by atoms with Gasteiger partial charge >= 0.3 is 0 Å². The van der Waals surface area contributed by atoms with Crippen LogP contribution in [0.1, 0.15) is 18.4 Å². The molecule has 0 saturated heterocycles. The molecule has 0 saturated carbocycles. The Balaban J connectivity index is 1.60. The average Bonchev–Trinajstić information content (AvgIpc) is 3.05. The van der Waals surface area contributed by atoms with E-state index in [1.807, 2.05) is 36.4 Å². The Hall–Kier alpha value is -2.62. The van der Waals surface area contributed by atoms with Crippen LogP contribution >= 0.6 is 0 Å². The maximum Gasteiger partial charge on any atom is 0.247 e. The number of rotatable bonds is 6. The minimum Gasteiger partial charge on any atom is -0.421 e. The Kier molecular flexibility index (Phi) is 4.49. The zero-order valence-corrected chi connectivity index (χ0v) is 12.6. The van der Waals surface area contributed by atoms with E-state index >= 15 is 0 Å². The maximum atomic E-state index is 5.70. The van der Waals surface area contributed by atoms with Crippen LogP contribution in [0.25, 0.3) is 11.5 Å². The Labute approximate surface area is 130 Å². The number of hydrogen-bond donors (Lipinski definition) is 1. The second kappa shape index (κ2) is 6.89. The third-order valence-corrected chi connectivity index (χ3v) is 3.54. The Morgan fingerprint density at radius 1 is 0.955 bits per heavy atom. The van der Waals surface area contributed by atoms with Crippen LogP contribution in [0.2, 0.25) is 0 Å². The standard InChI is InChI=1S/C18H19N3O/c1-2-14-8-6-7-11-16(14)19-13-12-17-20-21-18(22-17)15-9-4-3-5-10-15/h3-11,19H,2,12-13H2,1H3. The van der Waals surface area contributed by atoms with Gasteiger partial charge in [-0.05, 0) is 30.2 Å². The number of nitrogens with zero attached hydrogens (tertiary/aromatic N) is 2. The van der Waals surface area contributed by atoms with Crippen LogP contribution in [0.4, 0.5) is 5.69 Å². The first-order valence-corrected chi connectivity index (χ1v) is 7.56. The Bertz CT molecular complexity index is 722. The van der Waals surface area contributed by atoms with E-state index in [1.165, 1.54) is 11.3 Å². The lowest BCUT2D eigenvalue weighted by molar-refractivity contribution is 0.509. The molecule has 1 N–H and O–H groups in total. The summed E-state index contributed by atoms with van der Waals surface area (Å²) in [5.74, 6) is 1.23. The largest absolute Gasteiger partial charge is 0.421 e. The zero-order chi connectivity index (χ0) is 15.2. The number of benzene rings is 2. The van der Waals surface area contributed by atoms with Gasteiger partial charge in [-0.1, -0.05) is 43.3 Å². The summed E-state index contributed by atoms with van der Waals surface area (Å²) in [7, 11) is 0. The lowest BCUT2D eigenvalue weighted by Gasteiger charge is -2.09. The van der Waals surface area contributed by atoms with Gasteiger partial charge in [-0.2, -0.15) is 0 Å². The highest BCUT2D eigenvalue weighted by atomic mass is 16.4. The molecule has 4 nitrogen and oxygen atoms in total. The van der Waals surface area contributed by atoms with E-state index < -0.39 is 0 Å². The van der Waals surface area contributed by atoms with Crippen molar-refractivity contribution in [3.63, 3.8) is 0 Å². The number of aryl methyl sites for hydroxylation is 1. The molecule has 3 aromatic rings. The van der Waals surface area contributed by atoms with Crippen LogP contribution in [0.5, 0.6) is 0 Å². The van der Waals surface area contributed by atoms with Crippen molar-refractivity contribution in [2.75, 3.05) is 11.9 Å². The molecule has 22 heavy (non-hydrogen) atoms. The lowest BCUT2D eigenvalue weighted by atomic mass is 10.1. The minimum absolute atomic E-state index is 0.574. The van der Waals surface area contributed by atoms with Gasteiger partial charge in [0, 0.05) is 24.2 Å². The van der Waals surface area contributed by atoms with Crippen LogP contribution in [0.3, 0.4) is 0 Å². The summed E-state index contributed by atoms with van der Waals surface area (Å²) in [6.07, 6.45) is 1.72. The van der Waals surface area contributed by atoms with Crippen LogP contribution in [-0.4, -0.2) is 16.7 Å². The molecule has 1 aromatic heterocycles. The Morgan fingerprint density at radius 3 is 2.55 bits per heavy atom. The van der Waals surface area contributed by atoms with Gasteiger partial charge in [0.2, 0.25) is 11.8 Å². The van der Waals surface area contributed by atoms with Crippen molar-refractivity contribution in [3.05, 3.63) is 66.1 Å². The average molecular weight is 293 g/mol. The summed E-state index contributed by atoms with van der Waals surface area (Å²) < 4.78 is 5.70. The van der Waals surface area contributed by atoms with Gasteiger partial charge in [0.1, 0.15) is 0 Å². The summed E-state index contributed by atoms with van der Waals surface area (Å²) >= 11 is 0. The van der Waals surface area contributed by atoms with Crippen molar-refractivity contribution in [2.45, 2.75) is 19.8 Å². The number of anilines is 1. The van der Waals surface area contributed by atoms with Gasteiger partial charge in [-0.15, -0.1) is 10.2 Å². The highest BCUT2D eigenvalue weighted by Crippen LogP contribution is 2.18. The van der Waals surface area contributed by atoms with Crippen molar-refractivity contribution >= 4 is 5.69 Å². The first kappa shape index (κ1) is 14.3. The van der Waals surface area contributed by atoms with Gasteiger partial charge in [0.05, 0.1) is 0 Å². The van der Waals surface area contributed by atoms with E-state index in [9.17, 15) is 0 Å². The number of nitrogens with one attached hydrogen (secondary N) is 1. The SMILES string of the molecule is CCc1ccccc1NCCc1nnc(-c2ccccc2)o1. The van der Waals surface area contributed by atoms with Gasteiger partial charge in [-0.25, -0.2) is 0 Å². The van der Waals surface area contributed by atoms with Gasteiger partial charge in [-0.3, -0.25) is 0 Å². The van der Waals surface area contributed by atoms with E-state index in [2.05, 4.69) is 40.6 Å². The molecule has 112 valence electrons. The normalized spacial score (nSPS) is 10.6. The van der Waals surface area contributed by atoms with Gasteiger partial charge in [0.25, 0.3) is 0 Å². The molecule has 0 aliphatic carbocycles. The predicted molar refractivity (Wildman–Crippen MR) is 87.7 cm³/mol. The predicted octanol–water partition coefficient (Wildman–Crippen LogP) is 3.95. The molecule has 4 heteroatoms. The smallest absolute Gasteiger partial charge is 0.247 e. The van der Waals surface area contributed by atoms with Crippen molar-refractivity contribution in [1.29, 1.82) is 0 Å². The molecule has 0 aliphatic rings. The van der Waals surface area contributed by atoms with Crippen LogP contribution in [-0.2, 0) is 12.8 Å². The number of aromatic nitrogens is 2. The van der Waals surface area contributed by atoms with E-state index in [1.54, 1.807) is 0 Å². The third kappa shape index (κ3) is 3.34. The fourth-order valence-corrected chi connectivity index (χ4v) is 2.36. The summed E-state index contributed by atoms with van der Waals surface area (Å²) in [5.41, 5.74) is 3.44. The summed E-state index contributed by atoms with van der Waals surface area (Å²) in [4.78, 5) is 0. The van der Waals surface area contributed by atoms with Crippen molar-refractivity contribution in [1.82, 2.24) is 10.2 Å².